The lowest BCUT2D eigenvalue weighted by Gasteiger charge is -2.32. The van der Waals surface area contributed by atoms with Gasteiger partial charge in [0.1, 0.15) is 0 Å². The molecule has 1 heterocycles. The second-order valence-electron chi connectivity index (χ2n) is 5.96. The summed E-state index contributed by atoms with van der Waals surface area (Å²) in [6.45, 7) is 10.1. The first-order valence-corrected chi connectivity index (χ1v) is 7.96. The normalized spacial score (nSPS) is 20.9. The summed E-state index contributed by atoms with van der Waals surface area (Å²) >= 11 is 0. The van der Waals surface area contributed by atoms with Crippen LogP contribution in [0.4, 0.5) is 5.69 Å². The van der Waals surface area contributed by atoms with Crippen molar-refractivity contribution in [2.75, 3.05) is 38.1 Å². The van der Waals surface area contributed by atoms with E-state index < -0.39 is 0 Å². The molecule has 1 saturated heterocycles. The summed E-state index contributed by atoms with van der Waals surface area (Å²) in [4.78, 5) is 5.04. The maximum absolute atomic E-state index is 3.53. The van der Waals surface area contributed by atoms with E-state index in [0.29, 0.717) is 6.04 Å². The number of likely N-dealkylation sites (N-methyl/N-ethyl adjacent to an activating group) is 1. The van der Waals surface area contributed by atoms with E-state index in [1.807, 2.05) is 0 Å². The van der Waals surface area contributed by atoms with Crippen LogP contribution in [-0.2, 0) is 6.54 Å². The summed E-state index contributed by atoms with van der Waals surface area (Å²) in [5, 5.41) is 3.53. The summed E-state index contributed by atoms with van der Waals surface area (Å²) in [7, 11) is 2.23. The van der Waals surface area contributed by atoms with Gasteiger partial charge in [0.2, 0.25) is 0 Å². The largest absolute Gasteiger partial charge is 0.367 e. The maximum Gasteiger partial charge on any atom is 0.0414 e. The third-order valence-corrected chi connectivity index (χ3v) is 4.09. The van der Waals surface area contributed by atoms with Crippen LogP contribution in [0.25, 0.3) is 0 Å². The van der Waals surface area contributed by atoms with Crippen molar-refractivity contribution >= 4 is 5.69 Å². The predicted molar refractivity (Wildman–Crippen MR) is 87.4 cm³/mol. The fourth-order valence-corrected chi connectivity index (χ4v) is 3.07. The standard InChI is InChI=1S/C17H29N3/c1-4-10-18-13-16-8-5-6-9-17(16)20-12-7-11-19(3)14-15(20)2/h5-6,8-9,15,18H,4,7,10-14H2,1-3H3. The van der Waals surface area contributed by atoms with Gasteiger partial charge in [-0.15, -0.1) is 0 Å². The fraction of sp³-hybridized carbons (Fsp3) is 0.647. The van der Waals surface area contributed by atoms with E-state index in [2.05, 4.69) is 60.3 Å². The molecule has 1 aromatic rings. The summed E-state index contributed by atoms with van der Waals surface area (Å²) in [5.41, 5.74) is 2.84. The molecule has 0 amide bonds. The Hall–Kier alpha value is -1.06. The molecule has 3 nitrogen and oxygen atoms in total. The molecule has 0 radical (unpaired) electrons. The van der Waals surface area contributed by atoms with Crippen LogP contribution in [0.2, 0.25) is 0 Å². The summed E-state index contributed by atoms with van der Waals surface area (Å²) in [5.74, 6) is 0. The lowest BCUT2D eigenvalue weighted by molar-refractivity contribution is 0.337. The van der Waals surface area contributed by atoms with Gasteiger partial charge in [-0.05, 0) is 51.5 Å². The fourth-order valence-electron chi connectivity index (χ4n) is 3.07. The number of rotatable bonds is 5. The topological polar surface area (TPSA) is 18.5 Å². The summed E-state index contributed by atoms with van der Waals surface area (Å²) in [6, 6.07) is 9.44. The van der Waals surface area contributed by atoms with Crippen LogP contribution in [-0.4, -0.2) is 44.2 Å². The van der Waals surface area contributed by atoms with Crippen molar-refractivity contribution in [1.29, 1.82) is 0 Å². The van der Waals surface area contributed by atoms with E-state index in [-0.39, 0.29) is 0 Å². The van der Waals surface area contributed by atoms with E-state index in [1.165, 1.54) is 30.6 Å². The minimum atomic E-state index is 0.579. The van der Waals surface area contributed by atoms with Gasteiger partial charge in [0.15, 0.2) is 0 Å². The highest BCUT2D eigenvalue weighted by Crippen LogP contribution is 2.24. The van der Waals surface area contributed by atoms with Crippen molar-refractivity contribution in [3.05, 3.63) is 29.8 Å². The van der Waals surface area contributed by atoms with E-state index >= 15 is 0 Å². The summed E-state index contributed by atoms with van der Waals surface area (Å²) in [6.07, 6.45) is 2.44. The second-order valence-corrected chi connectivity index (χ2v) is 5.96. The Morgan fingerprint density at radius 3 is 2.85 bits per heavy atom. The molecule has 2 rings (SSSR count). The summed E-state index contributed by atoms with van der Waals surface area (Å²) < 4.78 is 0. The van der Waals surface area contributed by atoms with Crippen molar-refractivity contribution in [1.82, 2.24) is 10.2 Å². The predicted octanol–water partition coefficient (Wildman–Crippen LogP) is 2.72. The van der Waals surface area contributed by atoms with Gasteiger partial charge < -0.3 is 15.1 Å². The van der Waals surface area contributed by atoms with Gasteiger partial charge in [-0.1, -0.05) is 25.1 Å². The smallest absolute Gasteiger partial charge is 0.0414 e. The van der Waals surface area contributed by atoms with E-state index in [4.69, 9.17) is 0 Å². The minimum Gasteiger partial charge on any atom is -0.367 e. The van der Waals surface area contributed by atoms with Crippen LogP contribution >= 0.6 is 0 Å². The number of anilines is 1. The Bertz CT molecular complexity index is 405. The van der Waals surface area contributed by atoms with Crippen molar-refractivity contribution < 1.29 is 0 Å². The molecule has 1 atom stereocenters. The molecule has 1 N–H and O–H groups in total. The zero-order valence-electron chi connectivity index (χ0n) is 13.2. The first-order valence-electron chi connectivity index (χ1n) is 7.96. The van der Waals surface area contributed by atoms with Crippen LogP contribution in [0.15, 0.2) is 24.3 Å². The molecular weight excluding hydrogens is 246 g/mol. The lowest BCUT2D eigenvalue weighted by Crippen LogP contribution is -2.38. The molecular formula is C17H29N3. The van der Waals surface area contributed by atoms with Gasteiger partial charge in [-0.3, -0.25) is 0 Å². The van der Waals surface area contributed by atoms with Crippen molar-refractivity contribution in [3.8, 4) is 0 Å². The lowest BCUT2D eigenvalue weighted by atomic mass is 10.1. The molecule has 1 aliphatic heterocycles. The number of benzene rings is 1. The van der Waals surface area contributed by atoms with Gasteiger partial charge in [0.05, 0.1) is 0 Å². The average Bonchev–Trinajstić information content (AvgIpc) is 2.60. The third-order valence-electron chi connectivity index (χ3n) is 4.09. The minimum absolute atomic E-state index is 0.579. The molecule has 3 heteroatoms. The third kappa shape index (κ3) is 3.97. The Labute approximate surface area is 124 Å². The first kappa shape index (κ1) is 15.3. The molecule has 1 unspecified atom stereocenters. The molecule has 20 heavy (non-hydrogen) atoms. The highest BCUT2D eigenvalue weighted by atomic mass is 15.2. The first-order chi connectivity index (χ1) is 9.72. The van der Waals surface area contributed by atoms with Gasteiger partial charge in [-0.25, -0.2) is 0 Å². The second kappa shape index (κ2) is 7.65. The molecule has 112 valence electrons. The van der Waals surface area contributed by atoms with Gasteiger partial charge >= 0.3 is 0 Å². The molecule has 0 spiro atoms. The van der Waals surface area contributed by atoms with Crippen LogP contribution in [0.3, 0.4) is 0 Å². The number of nitrogens with zero attached hydrogens (tertiary/aromatic N) is 2. The molecule has 0 bridgehead atoms. The molecule has 1 fully saturated rings. The Morgan fingerprint density at radius 1 is 1.25 bits per heavy atom. The van der Waals surface area contributed by atoms with Crippen molar-refractivity contribution in [2.24, 2.45) is 0 Å². The van der Waals surface area contributed by atoms with Gasteiger partial charge in [-0.2, -0.15) is 0 Å². The van der Waals surface area contributed by atoms with E-state index in [0.717, 1.165) is 26.2 Å². The van der Waals surface area contributed by atoms with E-state index in [1.54, 1.807) is 0 Å². The number of hydrogen-bond donors (Lipinski definition) is 1. The zero-order chi connectivity index (χ0) is 14.4. The van der Waals surface area contributed by atoms with Crippen LogP contribution in [0, 0.1) is 0 Å². The van der Waals surface area contributed by atoms with Crippen LogP contribution in [0.1, 0.15) is 32.3 Å². The van der Waals surface area contributed by atoms with Crippen LogP contribution < -0.4 is 10.2 Å². The number of para-hydroxylation sites is 1. The number of nitrogens with one attached hydrogen (secondary N) is 1. The Kier molecular flexibility index (Phi) is 5.86. The SMILES string of the molecule is CCCNCc1ccccc1N1CCCN(C)CC1C. The van der Waals surface area contributed by atoms with Crippen molar-refractivity contribution in [3.63, 3.8) is 0 Å². The highest BCUT2D eigenvalue weighted by molar-refractivity contribution is 5.54. The van der Waals surface area contributed by atoms with Gasteiger partial charge in [0, 0.05) is 31.4 Å². The molecule has 0 aliphatic carbocycles. The molecule has 1 aromatic carbocycles. The van der Waals surface area contributed by atoms with E-state index in [9.17, 15) is 0 Å². The molecule has 1 aliphatic rings. The molecule has 0 aromatic heterocycles. The van der Waals surface area contributed by atoms with Crippen LogP contribution in [0.5, 0.6) is 0 Å². The average molecular weight is 275 g/mol. The highest BCUT2D eigenvalue weighted by Gasteiger charge is 2.21. The van der Waals surface area contributed by atoms with Crippen molar-refractivity contribution in [2.45, 2.75) is 39.3 Å². The monoisotopic (exact) mass is 275 g/mol. The zero-order valence-corrected chi connectivity index (χ0v) is 13.2. The van der Waals surface area contributed by atoms with Gasteiger partial charge in [0.25, 0.3) is 0 Å². The maximum atomic E-state index is 3.53. The molecule has 0 saturated carbocycles. The quantitative estimate of drug-likeness (QED) is 0.834. The number of hydrogen-bond acceptors (Lipinski definition) is 3. The Balaban J connectivity index is 2.13. The Morgan fingerprint density at radius 2 is 2.05 bits per heavy atom.